The van der Waals surface area contributed by atoms with E-state index < -0.39 is 0 Å². The van der Waals surface area contributed by atoms with E-state index in [9.17, 15) is 4.79 Å². The highest BCUT2D eigenvalue weighted by Crippen LogP contribution is 2.20. The lowest BCUT2D eigenvalue weighted by Gasteiger charge is -2.37. The monoisotopic (exact) mass is 333 g/mol. The van der Waals surface area contributed by atoms with Gasteiger partial charge in [-0.25, -0.2) is 0 Å². The molecule has 1 aliphatic rings. The van der Waals surface area contributed by atoms with Gasteiger partial charge < -0.3 is 15.5 Å². The summed E-state index contributed by atoms with van der Waals surface area (Å²) >= 11 is 0. The smallest absolute Gasteiger partial charge is 0.239 e. The number of carbonyl (C=O) groups excluding carboxylic acids is 1. The number of benzene rings is 1. The van der Waals surface area contributed by atoms with E-state index in [1.54, 1.807) is 0 Å². The molecule has 6 heteroatoms. The van der Waals surface area contributed by atoms with Crippen LogP contribution in [-0.4, -0.2) is 43.0 Å². The van der Waals surface area contributed by atoms with Gasteiger partial charge in [0.15, 0.2) is 0 Å². The van der Waals surface area contributed by atoms with Gasteiger partial charge in [0, 0.05) is 31.9 Å². The first-order valence-electron chi connectivity index (χ1n) is 6.98. The molecule has 1 saturated heterocycles. The molecule has 0 spiro atoms. The highest BCUT2D eigenvalue weighted by molar-refractivity contribution is 5.85. The largest absolute Gasteiger partial charge is 0.368 e. The molecule has 120 valence electrons. The maximum atomic E-state index is 12.0. The molecule has 21 heavy (non-hydrogen) atoms. The summed E-state index contributed by atoms with van der Waals surface area (Å²) in [5.41, 5.74) is 8.37. The van der Waals surface area contributed by atoms with Crippen LogP contribution in [0.2, 0.25) is 0 Å². The van der Waals surface area contributed by atoms with Gasteiger partial charge in [0.2, 0.25) is 5.91 Å². The van der Waals surface area contributed by atoms with Crippen molar-refractivity contribution in [3.63, 3.8) is 0 Å². The number of halogens is 2. The SMILES string of the molecule is CC[C@@H](N)C(=O)N1CCN(c2ccccc2C)CC1.Cl.Cl. The Labute approximate surface area is 139 Å². The van der Waals surface area contributed by atoms with Gasteiger partial charge in [-0.05, 0) is 25.0 Å². The van der Waals surface area contributed by atoms with E-state index >= 15 is 0 Å². The lowest BCUT2D eigenvalue weighted by Crippen LogP contribution is -2.53. The van der Waals surface area contributed by atoms with Crippen LogP contribution >= 0.6 is 24.8 Å². The first-order chi connectivity index (χ1) is 9.13. The van der Waals surface area contributed by atoms with Crippen LogP contribution in [0.25, 0.3) is 0 Å². The van der Waals surface area contributed by atoms with Crippen molar-refractivity contribution in [1.82, 2.24) is 4.90 Å². The van der Waals surface area contributed by atoms with Gasteiger partial charge in [0.25, 0.3) is 0 Å². The first kappa shape index (κ1) is 20.0. The van der Waals surface area contributed by atoms with Crippen molar-refractivity contribution in [3.8, 4) is 0 Å². The number of carbonyl (C=O) groups is 1. The topological polar surface area (TPSA) is 49.6 Å². The van der Waals surface area contributed by atoms with Crippen molar-refractivity contribution < 1.29 is 4.79 Å². The van der Waals surface area contributed by atoms with E-state index in [0.29, 0.717) is 6.42 Å². The predicted molar refractivity (Wildman–Crippen MR) is 92.7 cm³/mol. The van der Waals surface area contributed by atoms with E-state index in [4.69, 9.17) is 5.73 Å². The van der Waals surface area contributed by atoms with Gasteiger partial charge in [-0.2, -0.15) is 0 Å². The van der Waals surface area contributed by atoms with Gasteiger partial charge in [0.05, 0.1) is 6.04 Å². The molecule has 2 rings (SSSR count). The van der Waals surface area contributed by atoms with Crippen molar-refractivity contribution in [3.05, 3.63) is 29.8 Å². The van der Waals surface area contributed by atoms with Crippen LogP contribution in [0.1, 0.15) is 18.9 Å². The minimum absolute atomic E-state index is 0. The van der Waals surface area contributed by atoms with Crippen LogP contribution in [0, 0.1) is 6.92 Å². The number of nitrogens with two attached hydrogens (primary N) is 1. The van der Waals surface area contributed by atoms with Crippen molar-refractivity contribution in [2.45, 2.75) is 26.3 Å². The van der Waals surface area contributed by atoms with E-state index in [-0.39, 0.29) is 36.8 Å². The number of anilines is 1. The Morgan fingerprint density at radius 1 is 1.19 bits per heavy atom. The van der Waals surface area contributed by atoms with E-state index in [1.807, 2.05) is 11.8 Å². The van der Waals surface area contributed by atoms with Crippen molar-refractivity contribution in [1.29, 1.82) is 0 Å². The fourth-order valence-electron chi connectivity index (χ4n) is 2.50. The number of piperazine rings is 1. The molecule has 0 aromatic heterocycles. The molecule has 2 N–H and O–H groups in total. The molecule has 1 heterocycles. The van der Waals surface area contributed by atoms with Gasteiger partial charge in [-0.3, -0.25) is 4.79 Å². The zero-order valence-corrected chi connectivity index (χ0v) is 14.3. The van der Waals surface area contributed by atoms with Gasteiger partial charge in [-0.15, -0.1) is 24.8 Å². The molecule has 1 amide bonds. The molecule has 1 aliphatic heterocycles. The third kappa shape index (κ3) is 4.77. The second-order valence-electron chi connectivity index (χ2n) is 5.11. The fraction of sp³-hybridized carbons (Fsp3) is 0.533. The molecule has 1 atom stereocenters. The van der Waals surface area contributed by atoms with E-state index in [0.717, 1.165) is 26.2 Å². The number of hydrogen-bond acceptors (Lipinski definition) is 3. The standard InChI is InChI=1S/C15H23N3O.2ClH/c1-3-13(16)15(19)18-10-8-17(9-11-18)14-7-5-4-6-12(14)2;;/h4-7,13H,3,8-11,16H2,1-2H3;2*1H/t13-;;/m1../s1. The summed E-state index contributed by atoms with van der Waals surface area (Å²) in [5, 5.41) is 0. The van der Waals surface area contributed by atoms with Crippen LogP contribution in [0.4, 0.5) is 5.69 Å². The van der Waals surface area contributed by atoms with Gasteiger partial charge in [0.1, 0.15) is 0 Å². The molecular formula is C15H25Cl2N3O. The molecule has 1 aromatic rings. The summed E-state index contributed by atoms with van der Waals surface area (Å²) in [7, 11) is 0. The normalized spacial score (nSPS) is 15.8. The number of para-hydroxylation sites is 1. The number of amides is 1. The molecule has 1 fully saturated rings. The van der Waals surface area contributed by atoms with Crippen LogP contribution < -0.4 is 10.6 Å². The quantitative estimate of drug-likeness (QED) is 0.922. The van der Waals surface area contributed by atoms with Gasteiger partial charge in [-0.1, -0.05) is 25.1 Å². The minimum Gasteiger partial charge on any atom is -0.368 e. The Bertz CT molecular complexity index is 448. The highest BCUT2D eigenvalue weighted by atomic mass is 35.5. The summed E-state index contributed by atoms with van der Waals surface area (Å²) in [6.07, 6.45) is 0.705. The average molecular weight is 334 g/mol. The molecule has 1 aromatic carbocycles. The second-order valence-corrected chi connectivity index (χ2v) is 5.11. The first-order valence-corrected chi connectivity index (χ1v) is 6.98. The minimum atomic E-state index is -0.343. The molecule has 0 bridgehead atoms. The number of nitrogens with zero attached hydrogens (tertiary/aromatic N) is 2. The molecule has 0 unspecified atom stereocenters. The highest BCUT2D eigenvalue weighted by Gasteiger charge is 2.24. The summed E-state index contributed by atoms with van der Waals surface area (Å²) in [6, 6.07) is 8.04. The number of rotatable bonds is 3. The van der Waals surface area contributed by atoms with E-state index in [1.165, 1.54) is 11.3 Å². The molecule has 0 radical (unpaired) electrons. The Morgan fingerprint density at radius 3 is 2.29 bits per heavy atom. The van der Waals surface area contributed by atoms with Crippen molar-refractivity contribution >= 4 is 36.4 Å². The van der Waals surface area contributed by atoms with E-state index in [2.05, 4.69) is 36.1 Å². The lowest BCUT2D eigenvalue weighted by atomic mass is 10.1. The van der Waals surface area contributed by atoms with Crippen molar-refractivity contribution in [2.24, 2.45) is 5.73 Å². The summed E-state index contributed by atoms with van der Waals surface area (Å²) in [6.45, 7) is 7.37. The zero-order chi connectivity index (χ0) is 13.8. The third-order valence-corrected chi connectivity index (χ3v) is 3.80. The Hall–Kier alpha value is -0.970. The Kier molecular flexibility index (Phi) is 8.71. The summed E-state index contributed by atoms with van der Waals surface area (Å²) < 4.78 is 0. The average Bonchev–Trinajstić information content (AvgIpc) is 2.46. The molecule has 4 nitrogen and oxygen atoms in total. The molecule has 0 saturated carbocycles. The predicted octanol–water partition coefficient (Wildman–Crippen LogP) is 2.22. The maximum absolute atomic E-state index is 12.0. The number of aryl methyl sites for hydroxylation is 1. The third-order valence-electron chi connectivity index (χ3n) is 3.80. The lowest BCUT2D eigenvalue weighted by molar-refractivity contribution is -0.132. The molecular weight excluding hydrogens is 309 g/mol. The van der Waals surface area contributed by atoms with Crippen LogP contribution in [0.3, 0.4) is 0 Å². The summed E-state index contributed by atoms with van der Waals surface area (Å²) in [4.78, 5) is 16.3. The van der Waals surface area contributed by atoms with Crippen molar-refractivity contribution in [2.75, 3.05) is 31.1 Å². The zero-order valence-electron chi connectivity index (χ0n) is 12.6. The Balaban J connectivity index is 0.00000200. The van der Waals surface area contributed by atoms with Crippen LogP contribution in [0.15, 0.2) is 24.3 Å². The van der Waals surface area contributed by atoms with Crippen LogP contribution in [-0.2, 0) is 4.79 Å². The fourth-order valence-corrected chi connectivity index (χ4v) is 2.50. The number of hydrogen-bond donors (Lipinski definition) is 1. The molecule has 0 aliphatic carbocycles. The summed E-state index contributed by atoms with van der Waals surface area (Å²) in [5.74, 6) is 0.0898. The maximum Gasteiger partial charge on any atom is 0.239 e. The Morgan fingerprint density at radius 2 is 1.76 bits per heavy atom. The van der Waals surface area contributed by atoms with Crippen LogP contribution in [0.5, 0.6) is 0 Å². The second kappa shape index (κ2) is 9.13. The van der Waals surface area contributed by atoms with Gasteiger partial charge >= 0.3 is 0 Å².